The molecule has 36 heavy (non-hydrogen) atoms. The van der Waals surface area contributed by atoms with Crippen molar-refractivity contribution in [1.29, 1.82) is 0 Å². The zero-order chi connectivity index (χ0) is 24.9. The number of rotatable bonds is 8. The Bertz CT molecular complexity index is 1310. The van der Waals surface area contributed by atoms with Gasteiger partial charge in [0.1, 0.15) is 12.2 Å². The summed E-state index contributed by atoms with van der Waals surface area (Å²) in [5.41, 5.74) is 8.80. The number of hydrogen-bond acceptors (Lipinski definition) is 2. The summed E-state index contributed by atoms with van der Waals surface area (Å²) in [6, 6.07) is 36.9. The molecule has 3 nitrogen and oxygen atoms in total. The Morgan fingerprint density at radius 2 is 1.17 bits per heavy atom. The van der Waals surface area contributed by atoms with Crippen LogP contribution in [0.2, 0.25) is 0 Å². The van der Waals surface area contributed by atoms with E-state index in [1.54, 1.807) is 0 Å². The first-order valence-electron chi connectivity index (χ1n) is 13.0. The minimum Gasteiger partial charge on any atom is -0.392 e. The molecule has 0 amide bonds. The maximum absolute atomic E-state index is 10.0. The van der Waals surface area contributed by atoms with Crippen molar-refractivity contribution in [3.05, 3.63) is 137 Å². The molecule has 3 heteroatoms. The lowest BCUT2D eigenvalue weighted by Crippen LogP contribution is -2.28. The fourth-order valence-corrected chi connectivity index (χ4v) is 5.60. The Hall–Kier alpha value is -3.69. The fraction of sp³-hybridized carbons (Fsp3) is 0.242. The lowest BCUT2D eigenvalue weighted by molar-refractivity contribution is -0.578. The van der Waals surface area contributed by atoms with Crippen molar-refractivity contribution >= 4 is 12.0 Å². The number of nitrogens with zero attached hydrogens (tertiary/aromatic N) is 2. The van der Waals surface area contributed by atoms with Crippen molar-refractivity contribution < 1.29 is 9.68 Å². The van der Waals surface area contributed by atoms with Gasteiger partial charge in [0, 0.05) is 11.1 Å². The number of para-hydroxylation sites is 1. The van der Waals surface area contributed by atoms with Crippen LogP contribution in [0.1, 0.15) is 59.3 Å². The van der Waals surface area contributed by atoms with Crippen molar-refractivity contribution in [1.82, 2.24) is 0 Å². The summed E-state index contributed by atoms with van der Waals surface area (Å²) in [6.07, 6.45) is 4.30. The van der Waals surface area contributed by atoms with E-state index in [2.05, 4.69) is 121 Å². The minimum atomic E-state index is 0.0461. The largest absolute Gasteiger partial charge is 0.392 e. The molecule has 1 aliphatic heterocycles. The van der Waals surface area contributed by atoms with Crippen LogP contribution in [-0.4, -0.2) is 16.0 Å². The highest BCUT2D eigenvalue weighted by molar-refractivity contribution is 5.83. The van der Waals surface area contributed by atoms with E-state index >= 15 is 0 Å². The second kappa shape index (κ2) is 10.9. The second-order valence-electron chi connectivity index (χ2n) is 9.46. The van der Waals surface area contributed by atoms with Crippen molar-refractivity contribution in [2.45, 2.75) is 51.9 Å². The molecular formula is C33H35N2O+. The van der Waals surface area contributed by atoms with E-state index in [9.17, 15) is 5.11 Å². The van der Waals surface area contributed by atoms with Crippen molar-refractivity contribution in [2.24, 2.45) is 0 Å². The van der Waals surface area contributed by atoms with Crippen LogP contribution >= 0.6 is 0 Å². The molecule has 0 aromatic heterocycles. The lowest BCUT2D eigenvalue weighted by atomic mass is 9.91. The first kappa shape index (κ1) is 24.0. The Balaban J connectivity index is 1.73. The van der Waals surface area contributed by atoms with Crippen LogP contribution in [0.4, 0.5) is 5.69 Å². The van der Waals surface area contributed by atoms with Gasteiger partial charge >= 0.3 is 0 Å². The molecule has 0 spiro atoms. The minimum absolute atomic E-state index is 0.0461. The molecule has 1 heterocycles. The van der Waals surface area contributed by atoms with E-state index in [0.717, 1.165) is 30.5 Å². The Labute approximate surface area is 215 Å². The normalized spacial score (nSPS) is 17.3. The maximum atomic E-state index is 10.0. The maximum Gasteiger partial charge on any atom is 0.240 e. The number of hydrogen-bond donors (Lipinski definition) is 1. The summed E-state index contributed by atoms with van der Waals surface area (Å²) in [6.45, 7) is 5.27. The third-order valence-electron chi connectivity index (χ3n) is 7.38. The average Bonchev–Trinajstić information content (AvgIpc) is 3.32. The Morgan fingerprint density at radius 1 is 0.639 bits per heavy atom. The van der Waals surface area contributed by atoms with Gasteiger partial charge in [-0.25, -0.2) is 4.90 Å². The summed E-state index contributed by atoms with van der Waals surface area (Å²) >= 11 is 0. The topological polar surface area (TPSA) is 26.5 Å². The molecule has 0 fully saturated rings. The Morgan fingerprint density at radius 3 is 1.75 bits per heavy atom. The van der Waals surface area contributed by atoms with Gasteiger partial charge in [-0.2, -0.15) is 0 Å². The summed E-state index contributed by atoms with van der Waals surface area (Å²) in [7, 11) is 0. The standard InChI is InChI=1S/C33H35N2O/c1-3-25-20-13-21-26(4-2)31(25)35-24-34(22-29-18-11-12-19-30(29)23-36)32(27-14-7-5-8-15-27)33(35)28-16-9-6-10-17-28/h5-21,24,32-33,36H,3-4,22-23H2,1-2H3/q+1. The molecule has 4 aromatic carbocycles. The first-order valence-corrected chi connectivity index (χ1v) is 13.0. The third kappa shape index (κ3) is 4.59. The van der Waals surface area contributed by atoms with Crippen molar-refractivity contribution in [3.63, 3.8) is 0 Å². The van der Waals surface area contributed by atoms with Crippen LogP contribution in [0.5, 0.6) is 0 Å². The average molecular weight is 476 g/mol. The van der Waals surface area contributed by atoms with E-state index in [1.807, 2.05) is 12.1 Å². The summed E-state index contributed by atoms with van der Waals surface area (Å²) in [4.78, 5) is 2.52. The monoisotopic (exact) mass is 475 g/mol. The van der Waals surface area contributed by atoms with Crippen LogP contribution in [0.15, 0.2) is 103 Å². The lowest BCUT2D eigenvalue weighted by Gasteiger charge is -2.26. The van der Waals surface area contributed by atoms with Crippen LogP contribution < -0.4 is 4.90 Å². The van der Waals surface area contributed by atoms with E-state index < -0.39 is 0 Å². The highest BCUT2D eigenvalue weighted by Crippen LogP contribution is 2.45. The third-order valence-corrected chi connectivity index (χ3v) is 7.38. The van der Waals surface area contributed by atoms with Crippen LogP contribution in [-0.2, 0) is 26.0 Å². The molecule has 0 saturated carbocycles. The summed E-state index contributed by atoms with van der Waals surface area (Å²) in [5, 5.41) is 10.0. The molecule has 0 bridgehead atoms. The predicted octanol–water partition coefficient (Wildman–Crippen LogP) is 6.85. The van der Waals surface area contributed by atoms with Gasteiger partial charge in [-0.15, -0.1) is 0 Å². The van der Waals surface area contributed by atoms with Crippen molar-refractivity contribution in [3.8, 4) is 0 Å². The predicted molar refractivity (Wildman–Crippen MR) is 148 cm³/mol. The number of aliphatic hydroxyl groups excluding tert-OH is 1. The van der Waals surface area contributed by atoms with E-state index in [-0.39, 0.29) is 18.7 Å². The highest BCUT2D eigenvalue weighted by Gasteiger charge is 2.46. The van der Waals surface area contributed by atoms with Crippen LogP contribution in [0.3, 0.4) is 0 Å². The van der Waals surface area contributed by atoms with Crippen LogP contribution in [0, 0.1) is 0 Å². The van der Waals surface area contributed by atoms with Gasteiger partial charge in [-0.3, -0.25) is 4.58 Å². The van der Waals surface area contributed by atoms with Gasteiger partial charge in [0.25, 0.3) is 0 Å². The van der Waals surface area contributed by atoms with E-state index in [4.69, 9.17) is 0 Å². The second-order valence-corrected chi connectivity index (χ2v) is 9.46. The van der Waals surface area contributed by atoms with Gasteiger partial charge < -0.3 is 5.11 Å². The zero-order valence-corrected chi connectivity index (χ0v) is 21.2. The van der Waals surface area contributed by atoms with Gasteiger partial charge in [0.05, 0.1) is 6.61 Å². The molecule has 2 atom stereocenters. The van der Waals surface area contributed by atoms with Gasteiger partial charge in [-0.05, 0) is 35.1 Å². The number of benzene rings is 4. The highest BCUT2D eigenvalue weighted by atomic mass is 16.3. The molecule has 5 rings (SSSR count). The van der Waals surface area contributed by atoms with Gasteiger partial charge in [-0.1, -0.05) is 117 Å². The number of aryl methyl sites for hydroxylation is 2. The quantitative estimate of drug-likeness (QED) is 0.282. The van der Waals surface area contributed by atoms with E-state index in [1.165, 1.54) is 27.9 Å². The first-order chi connectivity index (χ1) is 17.7. The molecule has 0 radical (unpaired) electrons. The molecule has 182 valence electrons. The van der Waals surface area contributed by atoms with Gasteiger partial charge in [0.15, 0.2) is 12.1 Å². The molecule has 2 unspecified atom stereocenters. The molecule has 4 aromatic rings. The molecule has 1 aliphatic rings. The SMILES string of the molecule is CCc1cccc(CC)c1N1C=[N+](Cc2ccccc2CO)C(c2ccccc2)C1c1ccccc1. The number of aliphatic hydroxyl groups is 1. The summed E-state index contributed by atoms with van der Waals surface area (Å²) < 4.78 is 2.47. The summed E-state index contributed by atoms with van der Waals surface area (Å²) in [5.74, 6) is 0. The number of anilines is 1. The molecule has 0 saturated heterocycles. The zero-order valence-electron chi connectivity index (χ0n) is 21.2. The van der Waals surface area contributed by atoms with E-state index in [0.29, 0.717) is 0 Å². The fourth-order valence-electron chi connectivity index (χ4n) is 5.60. The van der Waals surface area contributed by atoms with Gasteiger partial charge in [0.2, 0.25) is 6.34 Å². The molecule has 0 aliphatic carbocycles. The molecule has 1 N–H and O–H groups in total. The van der Waals surface area contributed by atoms with Crippen LogP contribution in [0.25, 0.3) is 0 Å². The molecular weight excluding hydrogens is 440 g/mol. The smallest absolute Gasteiger partial charge is 0.240 e. The Kier molecular flexibility index (Phi) is 7.29. The van der Waals surface area contributed by atoms with Crippen molar-refractivity contribution in [2.75, 3.05) is 4.90 Å².